The Labute approximate surface area is 149 Å². The second-order valence-corrected chi connectivity index (χ2v) is 7.24. The first-order valence-corrected chi connectivity index (χ1v) is 9.28. The van der Waals surface area contributed by atoms with Crippen LogP contribution in [-0.4, -0.2) is 18.2 Å². The molecule has 3 rings (SSSR count). The Kier molecular flexibility index (Phi) is 5.57. The summed E-state index contributed by atoms with van der Waals surface area (Å²) in [7, 11) is 1.82. The second-order valence-electron chi connectivity index (χ2n) is 6.89. The lowest BCUT2D eigenvalue weighted by Gasteiger charge is -2.28. The molecule has 0 radical (unpaired) electrons. The molecule has 1 aliphatic rings. The van der Waals surface area contributed by atoms with Crippen molar-refractivity contribution in [1.82, 2.24) is 4.98 Å². The van der Waals surface area contributed by atoms with E-state index in [0.29, 0.717) is 11.3 Å². The topological polar surface area (TPSA) is 22.1 Å². The maximum atomic E-state index is 6.22. The first-order valence-electron chi connectivity index (χ1n) is 8.90. The van der Waals surface area contributed by atoms with E-state index in [2.05, 4.69) is 42.8 Å². The van der Waals surface area contributed by atoms with Crippen LogP contribution in [0.15, 0.2) is 30.8 Å². The van der Waals surface area contributed by atoms with Crippen LogP contribution in [0.2, 0.25) is 5.15 Å². The molecule has 3 heteroatoms. The van der Waals surface area contributed by atoms with Gasteiger partial charge < -0.3 is 4.74 Å². The molecular weight excluding hydrogens is 318 g/mol. The van der Waals surface area contributed by atoms with E-state index in [-0.39, 0.29) is 0 Å². The number of hydrogen-bond donors (Lipinski definition) is 0. The number of hydrogen-bond acceptors (Lipinski definition) is 2. The summed E-state index contributed by atoms with van der Waals surface area (Å²) in [6.07, 6.45) is 7.26. The minimum absolute atomic E-state index is 0.457. The molecule has 0 amide bonds. The van der Waals surface area contributed by atoms with E-state index in [1.54, 1.807) is 0 Å². The van der Waals surface area contributed by atoms with Gasteiger partial charge in [0.05, 0.1) is 11.6 Å². The lowest BCUT2D eigenvalue weighted by atomic mass is 9.82. The van der Waals surface area contributed by atoms with Crippen molar-refractivity contribution >= 4 is 28.1 Å². The van der Waals surface area contributed by atoms with Crippen molar-refractivity contribution in [2.24, 2.45) is 5.92 Å². The zero-order chi connectivity index (χ0) is 17.1. The maximum absolute atomic E-state index is 6.22. The third-order valence-electron chi connectivity index (χ3n) is 5.29. The van der Waals surface area contributed by atoms with E-state index in [9.17, 15) is 0 Å². The summed E-state index contributed by atoms with van der Waals surface area (Å²) < 4.78 is 5.47. The van der Waals surface area contributed by atoms with E-state index >= 15 is 0 Å². The van der Waals surface area contributed by atoms with Gasteiger partial charge in [0.15, 0.2) is 0 Å². The van der Waals surface area contributed by atoms with E-state index in [1.807, 2.05) is 7.11 Å². The summed E-state index contributed by atoms with van der Waals surface area (Å²) in [5.74, 6) is 0.731. The second kappa shape index (κ2) is 7.67. The van der Waals surface area contributed by atoms with Gasteiger partial charge in [0.1, 0.15) is 5.15 Å². The van der Waals surface area contributed by atoms with E-state index in [1.165, 1.54) is 36.8 Å². The van der Waals surface area contributed by atoms with Crippen LogP contribution in [-0.2, 0) is 11.2 Å². The average Bonchev–Trinajstić information content (AvgIpc) is 2.61. The van der Waals surface area contributed by atoms with Gasteiger partial charge in [-0.05, 0) is 79.3 Å². The third-order valence-corrected chi connectivity index (χ3v) is 5.62. The Balaban J connectivity index is 1.74. The van der Waals surface area contributed by atoms with Crippen LogP contribution in [0.1, 0.15) is 50.2 Å². The summed E-state index contributed by atoms with van der Waals surface area (Å²) in [6, 6.07) is 8.55. The molecular formula is C21H26ClNO. The van der Waals surface area contributed by atoms with Crippen LogP contribution in [0.3, 0.4) is 0 Å². The molecule has 128 valence electrons. The summed E-state index contributed by atoms with van der Waals surface area (Å²) in [4.78, 5) is 4.50. The predicted molar refractivity (Wildman–Crippen MR) is 103 cm³/mol. The van der Waals surface area contributed by atoms with Gasteiger partial charge in [0, 0.05) is 12.5 Å². The number of methoxy groups -OCH3 is 1. The van der Waals surface area contributed by atoms with Gasteiger partial charge >= 0.3 is 0 Å². The number of halogens is 1. The van der Waals surface area contributed by atoms with Gasteiger partial charge in [-0.1, -0.05) is 31.2 Å². The van der Waals surface area contributed by atoms with Crippen molar-refractivity contribution in [2.45, 2.75) is 51.6 Å². The number of rotatable bonds is 5. The van der Waals surface area contributed by atoms with E-state index in [4.69, 9.17) is 16.3 Å². The fourth-order valence-corrected chi connectivity index (χ4v) is 3.98. The minimum atomic E-state index is 0.457. The number of nitrogens with zero attached hydrogens (tertiary/aromatic N) is 1. The molecule has 0 bridgehead atoms. The van der Waals surface area contributed by atoms with Gasteiger partial charge in [-0.2, -0.15) is 0 Å². The van der Waals surface area contributed by atoms with Crippen LogP contribution < -0.4 is 0 Å². The molecule has 0 spiro atoms. The Bertz CT molecular complexity index is 732. The molecule has 0 unspecified atom stereocenters. The molecule has 0 N–H and O–H groups in total. The number of aryl methyl sites for hydroxylation is 1. The Morgan fingerprint density at radius 1 is 1.25 bits per heavy atom. The third kappa shape index (κ3) is 3.81. The first-order chi connectivity index (χ1) is 11.6. The summed E-state index contributed by atoms with van der Waals surface area (Å²) in [6.45, 7) is 6.45. The average molecular weight is 344 g/mol. The molecule has 1 aromatic heterocycles. The molecule has 1 aliphatic carbocycles. The highest BCUT2D eigenvalue weighted by atomic mass is 35.5. The number of fused-ring (bicyclic) bond motifs is 1. The maximum Gasteiger partial charge on any atom is 0.132 e. The number of pyridine rings is 1. The van der Waals surface area contributed by atoms with Gasteiger partial charge in [0.25, 0.3) is 0 Å². The smallest absolute Gasteiger partial charge is 0.132 e. The zero-order valence-electron chi connectivity index (χ0n) is 14.6. The zero-order valence-corrected chi connectivity index (χ0v) is 15.4. The summed E-state index contributed by atoms with van der Waals surface area (Å²) >= 11 is 6.22. The lowest BCUT2D eigenvalue weighted by Crippen LogP contribution is -2.20. The van der Waals surface area contributed by atoms with Crippen LogP contribution >= 0.6 is 11.6 Å². The molecule has 2 nitrogen and oxygen atoms in total. The monoisotopic (exact) mass is 343 g/mol. The Hall–Kier alpha value is -1.38. The van der Waals surface area contributed by atoms with Gasteiger partial charge in [-0.15, -0.1) is 0 Å². The lowest BCUT2D eigenvalue weighted by molar-refractivity contribution is 0.0575. The summed E-state index contributed by atoms with van der Waals surface area (Å²) in [5.41, 5.74) is 4.51. The quantitative estimate of drug-likeness (QED) is 0.615. The van der Waals surface area contributed by atoms with Crippen molar-refractivity contribution < 1.29 is 4.74 Å². The number of benzene rings is 1. The molecule has 0 aliphatic heterocycles. The summed E-state index contributed by atoms with van der Waals surface area (Å²) in [5, 5.41) is 1.77. The minimum Gasteiger partial charge on any atom is -0.381 e. The number of allylic oxidation sites excluding steroid dienone is 1. The molecule has 0 saturated heterocycles. The molecule has 1 heterocycles. The van der Waals surface area contributed by atoms with Gasteiger partial charge in [-0.25, -0.2) is 4.98 Å². The molecule has 1 fully saturated rings. The molecule has 24 heavy (non-hydrogen) atoms. The van der Waals surface area contributed by atoms with E-state index < -0.39 is 0 Å². The highest BCUT2D eigenvalue weighted by Gasteiger charge is 2.21. The first kappa shape index (κ1) is 17.4. The molecule has 2 aromatic rings. The van der Waals surface area contributed by atoms with Crippen LogP contribution in [0.5, 0.6) is 0 Å². The molecule has 0 atom stereocenters. The highest BCUT2D eigenvalue weighted by molar-refractivity contribution is 6.30. The Morgan fingerprint density at radius 3 is 2.67 bits per heavy atom. The fourth-order valence-electron chi connectivity index (χ4n) is 3.70. The van der Waals surface area contributed by atoms with Crippen LogP contribution in [0.25, 0.3) is 16.5 Å². The highest BCUT2D eigenvalue weighted by Crippen LogP contribution is 2.33. The standard InChI is InChI=1S/C21H26ClNO/c1-4-16-12-18-13-17(7-10-20(18)23-21(16)22)14(2)11-15-5-8-19(24-3)9-6-15/h7,10,12-13,15,19H,2,4-6,8-9,11H2,1,3H3. The van der Waals surface area contributed by atoms with Crippen molar-refractivity contribution in [3.63, 3.8) is 0 Å². The normalized spacial score (nSPS) is 21.1. The van der Waals surface area contributed by atoms with Crippen molar-refractivity contribution in [3.05, 3.63) is 47.1 Å². The predicted octanol–water partition coefficient (Wildman–Crippen LogP) is 6.06. The Morgan fingerprint density at radius 2 is 2.00 bits per heavy atom. The fraction of sp³-hybridized carbons (Fsp3) is 0.476. The van der Waals surface area contributed by atoms with Crippen molar-refractivity contribution in [3.8, 4) is 0 Å². The molecule has 1 aromatic carbocycles. The molecule has 1 saturated carbocycles. The number of ether oxygens (including phenoxy) is 1. The van der Waals surface area contributed by atoms with Crippen LogP contribution in [0.4, 0.5) is 0 Å². The van der Waals surface area contributed by atoms with Crippen molar-refractivity contribution in [2.75, 3.05) is 7.11 Å². The largest absolute Gasteiger partial charge is 0.381 e. The van der Waals surface area contributed by atoms with Crippen LogP contribution in [0, 0.1) is 5.92 Å². The van der Waals surface area contributed by atoms with Crippen molar-refractivity contribution in [1.29, 1.82) is 0 Å². The van der Waals surface area contributed by atoms with Gasteiger partial charge in [-0.3, -0.25) is 0 Å². The number of aromatic nitrogens is 1. The SMILES string of the molecule is C=C(CC1CCC(OC)CC1)c1ccc2nc(Cl)c(CC)cc2c1. The van der Waals surface area contributed by atoms with E-state index in [0.717, 1.165) is 35.2 Å². The van der Waals surface area contributed by atoms with Gasteiger partial charge in [0.2, 0.25) is 0 Å².